The molecule has 2 fully saturated rings. The predicted molar refractivity (Wildman–Crippen MR) is 58.7 cm³/mol. The molecule has 2 aliphatic rings. The zero-order chi connectivity index (χ0) is 11.1. The summed E-state index contributed by atoms with van der Waals surface area (Å²) in [6, 6.07) is 0.781. The van der Waals surface area contributed by atoms with E-state index in [1.165, 1.54) is 12.8 Å². The minimum atomic E-state index is -0.590. The average Bonchev–Trinajstić information content (AvgIpc) is 3.00. The first-order chi connectivity index (χ1) is 7.06. The molecule has 1 aliphatic carbocycles. The van der Waals surface area contributed by atoms with Crippen LogP contribution in [0.1, 0.15) is 39.5 Å². The summed E-state index contributed by atoms with van der Waals surface area (Å²) in [5, 5.41) is 9.38. The molecular weight excluding hydrogens is 190 g/mol. The van der Waals surface area contributed by atoms with E-state index in [4.69, 9.17) is 0 Å². The summed E-state index contributed by atoms with van der Waals surface area (Å²) in [5.41, 5.74) is -0.453. The number of aliphatic carboxylic acids is 1. The third-order valence-electron chi connectivity index (χ3n) is 4.28. The fraction of sp³-hybridized carbons (Fsp3) is 0.917. The van der Waals surface area contributed by atoms with Crippen molar-refractivity contribution in [3.05, 3.63) is 0 Å². The lowest BCUT2D eigenvalue weighted by atomic mass is 9.70. The van der Waals surface area contributed by atoms with E-state index in [2.05, 4.69) is 4.90 Å². The molecule has 1 N–H and O–H groups in total. The Kier molecular flexibility index (Phi) is 2.75. The van der Waals surface area contributed by atoms with Crippen LogP contribution in [0.5, 0.6) is 0 Å². The van der Waals surface area contributed by atoms with Crippen LogP contribution in [0.2, 0.25) is 0 Å². The van der Waals surface area contributed by atoms with Crippen LogP contribution in [0.4, 0.5) is 0 Å². The van der Waals surface area contributed by atoms with Crippen molar-refractivity contribution in [2.75, 3.05) is 13.1 Å². The second-order valence-electron chi connectivity index (χ2n) is 5.38. The van der Waals surface area contributed by atoms with Gasteiger partial charge in [0.25, 0.3) is 0 Å². The van der Waals surface area contributed by atoms with Crippen molar-refractivity contribution in [2.24, 2.45) is 11.3 Å². The molecule has 1 aliphatic heterocycles. The number of carbonyl (C=O) groups is 1. The van der Waals surface area contributed by atoms with Crippen LogP contribution in [0.15, 0.2) is 0 Å². The molecule has 3 heteroatoms. The van der Waals surface area contributed by atoms with Gasteiger partial charge in [-0.1, -0.05) is 13.8 Å². The van der Waals surface area contributed by atoms with Gasteiger partial charge in [-0.3, -0.25) is 4.79 Å². The Morgan fingerprint density at radius 2 is 1.87 bits per heavy atom. The lowest BCUT2D eigenvalue weighted by molar-refractivity contribution is -0.155. The summed E-state index contributed by atoms with van der Waals surface area (Å²) in [6.45, 7) is 6.05. The first-order valence-electron chi connectivity index (χ1n) is 6.04. The summed E-state index contributed by atoms with van der Waals surface area (Å²) in [4.78, 5) is 13.9. The van der Waals surface area contributed by atoms with Crippen molar-refractivity contribution >= 4 is 5.97 Å². The van der Waals surface area contributed by atoms with Crippen LogP contribution in [0.25, 0.3) is 0 Å². The molecule has 2 rings (SSSR count). The number of carboxylic acid groups (broad SMARTS) is 1. The fourth-order valence-electron chi connectivity index (χ4n) is 2.77. The first-order valence-corrected chi connectivity index (χ1v) is 6.04. The van der Waals surface area contributed by atoms with Gasteiger partial charge in [0.15, 0.2) is 0 Å². The molecule has 0 radical (unpaired) electrons. The molecule has 0 atom stereocenters. The number of nitrogens with zero attached hydrogens (tertiary/aromatic N) is 1. The summed E-state index contributed by atoms with van der Waals surface area (Å²) < 4.78 is 0. The van der Waals surface area contributed by atoms with Crippen LogP contribution in [0.3, 0.4) is 0 Å². The zero-order valence-corrected chi connectivity index (χ0v) is 9.70. The number of hydrogen-bond acceptors (Lipinski definition) is 2. The fourth-order valence-corrected chi connectivity index (χ4v) is 2.77. The van der Waals surface area contributed by atoms with Gasteiger partial charge in [0, 0.05) is 6.04 Å². The van der Waals surface area contributed by atoms with Gasteiger partial charge in [-0.2, -0.15) is 0 Å². The van der Waals surface area contributed by atoms with Crippen molar-refractivity contribution < 1.29 is 9.90 Å². The standard InChI is InChI=1S/C12H21NO2/c1-9(2)12(11(14)15)5-7-13(8-6-12)10-3-4-10/h9-10H,3-8H2,1-2H3,(H,14,15). The maximum atomic E-state index is 11.4. The molecule has 86 valence electrons. The minimum absolute atomic E-state index is 0.247. The van der Waals surface area contributed by atoms with E-state index >= 15 is 0 Å². The Balaban J connectivity index is 2.01. The molecule has 0 aromatic carbocycles. The average molecular weight is 211 g/mol. The first kappa shape index (κ1) is 10.9. The molecule has 0 aromatic rings. The Morgan fingerprint density at radius 3 is 2.20 bits per heavy atom. The number of rotatable bonds is 3. The third-order valence-corrected chi connectivity index (χ3v) is 4.28. The topological polar surface area (TPSA) is 40.5 Å². The SMILES string of the molecule is CC(C)C1(C(=O)O)CCN(C2CC2)CC1. The molecule has 1 saturated heterocycles. The molecule has 0 bridgehead atoms. The number of hydrogen-bond donors (Lipinski definition) is 1. The van der Waals surface area contributed by atoms with Crippen LogP contribution in [-0.2, 0) is 4.79 Å². The van der Waals surface area contributed by atoms with Gasteiger partial charge in [-0.15, -0.1) is 0 Å². The van der Waals surface area contributed by atoms with Gasteiger partial charge < -0.3 is 10.0 Å². The highest BCUT2D eigenvalue weighted by atomic mass is 16.4. The van der Waals surface area contributed by atoms with Crippen molar-refractivity contribution in [1.82, 2.24) is 4.90 Å². The highest BCUT2D eigenvalue weighted by Gasteiger charge is 2.45. The van der Waals surface area contributed by atoms with Gasteiger partial charge in [0.05, 0.1) is 5.41 Å². The monoisotopic (exact) mass is 211 g/mol. The summed E-state index contributed by atoms with van der Waals surface area (Å²) in [5.74, 6) is -0.343. The van der Waals surface area contributed by atoms with Crippen molar-refractivity contribution in [1.29, 1.82) is 0 Å². The lowest BCUT2D eigenvalue weighted by Gasteiger charge is -2.41. The summed E-state index contributed by atoms with van der Waals surface area (Å²) in [7, 11) is 0. The molecule has 0 aromatic heterocycles. The quantitative estimate of drug-likeness (QED) is 0.776. The van der Waals surface area contributed by atoms with E-state index in [1.807, 2.05) is 13.8 Å². The van der Waals surface area contributed by atoms with E-state index in [-0.39, 0.29) is 5.92 Å². The van der Waals surface area contributed by atoms with E-state index in [9.17, 15) is 9.90 Å². The normalized spacial score (nSPS) is 26.9. The van der Waals surface area contributed by atoms with Crippen LogP contribution >= 0.6 is 0 Å². The maximum absolute atomic E-state index is 11.4. The number of piperidine rings is 1. The molecule has 0 spiro atoms. The van der Waals surface area contributed by atoms with Gasteiger partial charge in [0.2, 0.25) is 0 Å². The van der Waals surface area contributed by atoms with Crippen molar-refractivity contribution in [2.45, 2.75) is 45.6 Å². The molecular formula is C12H21NO2. The van der Waals surface area contributed by atoms with E-state index < -0.39 is 11.4 Å². The van der Waals surface area contributed by atoms with Gasteiger partial charge in [-0.25, -0.2) is 0 Å². The second-order valence-corrected chi connectivity index (χ2v) is 5.38. The Bertz CT molecular complexity index is 250. The van der Waals surface area contributed by atoms with Crippen LogP contribution < -0.4 is 0 Å². The zero-order valence-electron chi connectivity index (χ0n) is 9.70. The lowest BCUT2D eigenvalue weighted by Crippen LogP contribution is -2.47. The molecule has 0 unspecified atom stereocenters. The Labute approximate surface area is 91.5 Å². The smallest absolute Gasteiger partial charge is 0.309 e. The molecule has 0 amide bonds. The largest absolute Gasteiger partial charge is 0.481 e. The summed E-state index contributed by atoms with van der Waals surface area (Å²) >= 11 is 0. The van der Waals surface area contributed by atoms with Gasteiger partial charge in [0.1, 0.15) is 0 Å². The van der Waals surface area contributed by atoms with Gasteiger partial charge >= 0.3 is 5.97 Å². The van der Waals surface area contributed by atoms with Crippen molar-refractivity contribution in [3.63, 3.8) is 0 Å². The number of carboxylic acids is 1. The van der Waals surface area contributed by atoms with E-state index in [0.717, 1.165) is 32.0 Å². The van der Waals surface area contributed by atoms with Gasteiger partial charge in [-0.05, 0) is 44.7 Å². The Hall–Kier alpha value is -0.570. The second kappa shape index (κ2) is 3.78. The molecule has 1 heterocycles. The van der Waals surface area contributed by atoms with Crippen LogP contribution in [0, 0.1) is 11.3 Å². The predicted octanol–water partition coefficient (Wildman–Crippen LogP) is 1.97. The van der Waals surface area contributed by atoms with E-state index in [1.54, 1.807) is 0 Å². The third kappa shape index (κ3) is 1.89. The molecule has 15 heavy (non-hydrogen) atoms. The summed E-state index contributed by atoms with van der Waals surface area (Å²) in [6.07, 6.45) is 4.30. The maximum Gasteiger partial charge on any atom is 0.309 e. The minimum Gasteiger partial charge on any atom is -0.481 e. The Morgan fingerprint density at radius 1 is 1.33 bits per heavy atom. The molecule has 1 saturated carbocycles. The van der Waals surface area contributed by atoms with E-state index in [0.29, 0.717) is 0 Å². The molecule has 3 nitrogen and oxygen atoms in total. The highest BCUT2D eigenvalue weighted by Crippen LogP contribution is 2.41. The van der Waals surface area contributed by atoms with Crippen molar-refractivity contribution in [3.8, 4) is 0 Å². The number of likely N-dealkylation sites (tertiary alicyclic amines) is 1. The highest BCUT2D eigenvalue weighted by molar-refractivity contribution is 5.75. The van der Waals surface area contributed by atoms with Crippen LogP contribution in [-0.4, -0.2) is 35.1 Å².